The number of anilines is 1. The standard InChI is InChI=1S/C22H23ClN6O/c1-14-13-20(26-15(2)25-14)29-11-8-18(9-12-29)27-22(30)19-7-10-24-21(28-19)16-3-5-17(23)6-4-16/h3-7,10,13,18H,8-9,11-12H2,1-2H3,(H,27,30). The fourth-order valence-corrected chi connectivity index (χ4v) is 3.72. The lowest BCUT2D eigenvalue weighted by Crippen LogP contribution is -2.45. The number of aryl methyl sites for hydroxylation is 2. The van der Waals surface area contributed by atoms with Gasteiger partial charge in [0.15, 0.2) is 5.82 Å². The first-order valence-corrected chi connectivity index (χ1v) is 10.3. The predicted molar refractivity (Wildman–Crippen MR) is 117 cm³/mol. The van der Waals surface area contributed by atoms with Crippen molar-refractivity contribution in [3.63, 3.8) is 0 Å². The smallest absolute Gasteiger partial charge is 0.270 e. The Morgan fingerprint density at radius 3 is 2.50 bits per heavy atom. The molecule has 3 heterocycles. The molecule has 1 amide bonds. The van der Waals surface area contributed by atoms with Crippen LogP contribution in [-0.4, -0.2) is 45.0 Å². The molecule has 1 aliphatic rings. The molecule has 1 aromatic carbocycles. The average Bonchev–Trinajstić information content (AvgIpc) is 2.74. The lowest BCUT2D eigenvalue weighted by Gasteiger charge is -2.33. The Balaban J connectivity index is 1.38. The van der Waals surface area contributed by atoms with Crippen LogP contribution in [0.15, 0.2) is 42.6 Å². The van der Waals surface area contributed by atoms with Crippen molar-refractivity contribution in [3.8, 4) is 11.4 Å². The fourth-order valence-electron chi connectivity index (χ4n) is 3.59. The van der Waals surface area contributed by atoms with Crippen LogP contribution in [0.5, 0.6) is 0 Å². The SMILES string of the molecule is Cc1cc(N2CCC(NC(=O)c3ccnc(-c4ccc(Cl)cc4)n3)CC2)nc(C)n1. The van der Waals surface area contributed by atoms with Crippen molar-refractivity contribution in [2.45, 2.75) is 32.7 Å². The first kappa shape index (κ1) is 20.2. The Kier molecular flexibility index (Phi) is 5.90. The third-order valence-electron chi connectivity index (χ3n) is 5.10. The molecule has 0 aliphatic carbocycles. The van der Waals surface area contributed by atoms with Gasteiger partial charge in [-0.1, -0.05) is 11.6 Å². The number of rotatable bonds is 4. The van der Waals surface area contributed by atoms with Gasteiger partial charge in [0.1, 0.15) is 17.3 Å². The van der Waals surface area contributed by atoms with E-state index in [2.05, 4.69) is 30.2 Å². The van der Waals surface area contributed by atoms with Gasteiger partial charge in [0.2, 0.25) is 0 Å². The van der Waals surface area contributed by atoms with Crippen LogP contribution in [0.1, 0.15) is 34.8 Å². The topological polar surface area (TPSA) is 83.9 Å². The van der Waals surface area contributed by atoms with E-state index >= 15 is 0 Å². The Hall–Kier alpha value is -3.06. The third-order valence-corrected chi connectivity index (χ3v) is 5.35. The molecule has 8 heteroatoms. The quantitative estimate of drug-likeness (QED) is 0.691. The van der Waals surface area contributed by atoms with Gasteiger partial charge in [0.05, 0.1) is 0 Å². The van der Waals surface area contributed by atoms with Crippen LogP contribution >= 0.6 is 11.6 Å². The van der Waals surface area contributed by atoms with E-state index in [1.807, 2.05) is 32.0 Å². The Morgan fingerprint density at radius 2 is 1.80 bits per heavy atom. The summed E-state index contributed by atoms with van der Waals surface area (Å²) in [5.74, 6) is 2.05. The van der Waals surface area contributed by atoms with Crippen molar-refractivity contribution < 1.29 is 4.79 Å². The summed E-state index contributed by atoms with van der Waals surface area (Å²) in [6.07, 6.45) is 3.31. The van der Waals surface area contributed by atoms with Gasteiger partial charge in [-0.2, -0.15) is 0 Å². The summed E-state index contributed by atoms with van der Waals surface area (Å²) in [4.78, 5) is 32.6. The van der Waals surface area contributed by atoms with Crippen LogP contribution in [0.25, 0.3) is 11.4 Å². The van der Waals surface area contributed by atoms with E-state index in [0.717, 1.165) is 48.8 Å². The highest BCUT2D eigenvalue weighted by molar-refractivity contribution is 6.30. The van der Waals surface area contributed by atoms with Crippen LogP contribution in [0.3, 0.4) is 0 Å². The maximum Gasteiger partial charge on any atom is 0.270 e. The zero-order valence-corrected chi connectivity index (χ0v) is 17.7. The number of carbonyl (C=O) groups excluding carboxylic acids is 1. The van der Waals surface area contributed by atoms with Gasteiger partial charge in [0.25, 0.3) is 5.91 Å². The summed E-state index contributed by atoms with van der Waals surface area (Å²) in [5, 5.41) is 3.75. The molecule has 7 nitrogen and oxygen atoms in total. The van der Waals surface area contributed by atoms with E-state index in [1.165, 1.54) is 0 Å². The summed E-state index contributed by atoms with van der Waals surface area (Å²) >= 11 is 5.94. The van der Waals surface area contributed by atoms with Crippen LogP contribution in [0.4, 0.5) is 5.82 Å². The molecule has 4 rings (SSSR count). The molecule has 30 heavy (non-hydrogen) atoms. The highest BCUT2D eigenvalue weighted by Gasteiger charge is 2.23. The highest BCUT2D eigenvalue weighted by atomic mass is 35.5. The Morgan fingerprint density at radius 1 is 1.07 bits per heavy atom. The van der Waals surface area contributed by atoms with Gasteiger partial charge in [-0.15, -0.1) is 0 Å². The highest BCUT2D eigenvalue weighted by Crippen LogP contribution is 2.20. The normalized spacial score (nSPS) is 14.6. The summed E-state index contributed by atoms with van der Waals surface area (Å²) in [7, 11) is 0. The van der Waals surface area contributed by atoms with Crippen LogP contribution in [-0.2, 0) is 0 Å². The van der Waals surface area contributed by atoms with Gasteiger partial charge < -0.3 is 10.2 Å². The molecule has 3 aromatic rings. The Labute approximate surface area is 180 Å². The van der Waals surface area contributed by atoms with E-state index in [9.17, 15) is 4.79 Å². The van der Waals surface area contributed by atoms with Crippen molar-refractivity contribution >= 4 is 23.3 Å². The van der Waals surface area contributed by atoms with Crippen LogP contribution < -0.4 is 10.2 Å². The molecule has 1 N–H and O–H groups in total. The van der Waals surface area contributed by atoms with Gasteiger partial charge in [-0.25, -0.2) is 19.9 Å². The molecule has 1 fully saturated rings. The maximum absolute atomic E-state index is 12.7. The number of hydrogen-bond acceptors (Lipinski definition) is 6. The second-order valence-electron chi connectivity index (χ2n) is 7.42. The minimum absolute atomic E-state index is 0.103. The number of benzene rings is 1. The number of halogens is 1. The van der Waals surface area contributed by atoms with Crippen LogP contribution in [0, 0.1) is 13.8 Å². The monoisotopic (exact) mass is 422 g/mol. The fraction of sp³-hybridized carbons (Fsp3) is 0.318. The van der Waals surface area contributed by atoms with Crippen molar-refractivity contribution in [2.75, 3.05) is 18.0 Å². The first-order valence-electron chi connectivity index (χ1n) is 9.95. The van der Waals surface area contributed by atoms with Crippen molar-refractivity contribution in [2.24, 2.45) is 0 Å². The third kappa shape index (κ3) is 4.74. The molecule has 2 aromatic heterocycles. The molecule has 1 aliphatic heterocycles. The molecule has 0 bridgehead atoms. The molecule has 0 spiro atoms. The second kappa shape index (κ2) is 8.75. The summed E-state index contributed by atoms with van der Waals surface area (Å²) in [6, 6.07) is 11.0. The van der Waals surface area contributed by atoms with E-state index in [4.69, 9.17) is 11.6 Å². The van der Waals surface area contributed by atoms with E-state index in [-0.39, 0.29) is 11.9 Å². The van der Waals surface area contributed by atoms with Gasteiger partial charge >= 0.3 is 0 Å². The number of carbonyl (C=O) groups is 1. The van der Waals surface area contributed by atoms with Crippen LogP contribution in [0.2, 0.25) is 5.02 Å². The lowest BCUT2D eigenvalue weighted by molar-refractivity contribution is 0.0926. The number of amides is 1. The molecule has 0 atom stereocenters. The lowest BCUT2D eigenvalue weighted by atomic mass is 10.0. The molecular formula is C22H23ClN6O. The molecule has 154 valence electrons. The van der Waals surface area contributed by atoms with E-state index in [0.29, 0.717) is 16.5 Å². The van der Waals surface area contributed by atoms with E-state index < -0.39 is 0 Å². The number of piperidine rings is 1. The van der Waals surface area contributed by atoms with Crippen molar-refractivity contribution in [1.82, 2.24) is 25.3 Å². The van der Waals surface area contributed by atoms with Gasteiger partial charge in [-0.3, -0.25) is 4.79 Å². The Bertz CT molecular complexity index is 1030. The molecular weight excluding hydrogens is 400 g/mol. The van der Waals surface area contributed by atoms with Gasteiger partial charge in [-0.05, 0) is 57.0 Å². The van der Waals surface area contributed by atoms with E-state index in [1.54, 1.807) is 24.4 Å². The number of nitrogens with zero attached hydrogens (tertiary/aromatic N) is 5. The zero-order valence-electron chi connectivity index (χ0n) is 17.0. The maximum atomic E-state index is 12.7. The van der Waals surface area contributed by atoms with Gasteiger partial charge in [0, 0.05) is 47.7 Å². The summed E-state index contributed by atoms with van der Waals surface area (Å²) in [5.41, 5.74) is 2.14. The number of nitrogens with one attached hydrogen (secondary N) is 1. The molecule has 1 saturated heterocycles. The molecule has 0 radical (unpaired) electrons. The minimum Gasteiger partial charge on any atom is -0.356 e. The largest absolute Gasteiger partial charge is 0.356 e. The second-order valence-corrected chi connectivity index (χ2v) is 7.86. The van der Waals surface area contributed by atoms with Crippen molar-refractivity contribution in [1.29, 1.82) is 0 Å². The number of hydrogen-bond donors (Lipinski definition) is 1. The summed E-state index contributed by atoms with van der Waals surface area (Å²) in [6.45, 7) is 5.55. The first-order chi connectivity index (χ1) is 14.5. The van der Waals surface area contributed by atoms with Crippen molar-refractivity contribution in [3.05, 3.63) is 64.8 Å². The molecule has 0 saturated carbocycles. The zero-order chi connectivity index (χ0) is 21.1. The predicted octanol–water partition coefficient (Wildman–Crippen LogP) is 3.60. The number of aromatic nitrogens is 4. The molecule has 0 unspecified atom stereocenters. The average molecular weight is 423 g/mol. The minimum atomic E-state index is -0.181. The summed E-state index contributed by atoms with van der Waals surface area (Å²) < 4.78 is 0.